The van der Waals surface area contributed by atoms with E-state index in [1.807, 2.05) is 12.1 Å². The van der Waals surface area contributed by atoms with Gasteiger partial charge in [0.2, 0.25) is 0 Å². The predicted octanol–water partition coefficient (Wildman–Crippen LogP) is 5.06. The molecule has 0 heterocycles. The summed E-state index contributed by atoms with van der Waals surface area (Å²) in [5, 5.41) is -0.0760. The second-order valence-corrected chi connectivity index (χ2v) is 5.85. The highest BCUT2D eigenvalue weighted by atomic mass is 35.5. The van der Waals surface area contributed by atoms with Crippen molar-refractivity contribution in [2.45, 2.75) is 31.6 Å². The monoisotopic (exact) mass is 274 g/mol. The van der Waals surface area contributed by atoms with Crippen molar-refractivity contribution in [2.75, 3.05) is 0 Å². The zero-order valence-electron chi connectivity index (χ0n) is 11.1. The lowest BCUT2D eigenvalue weighted by atomic mass is 9.74. The molecule has 0 fully saturated rings. The van der Waals surface area contributed by atoms with Crippen LogP contribution >= 0.6 is 11.6 Å². The van der Waals surface area contributed by atoms with Gasteiger partial charge >= 0.3 is 0 Å². The molecule has 0 bridgehead atoms. The number of hydrogen-bond donors (Lipinski definition) is 0. The maximum Gasteiger partial charge on any atom is 0.129 e. The second kappa shape index (κ2) is 4.64. The third-order valence-electron chi connectivity index (χ3n) is 4.02. The topological polar surface area (TPSA) is 0 Å². The summed E-state index contributed by atoms with van der Waals surface area (Å²) in [5.74, 6) is 0.226. The van der Waals surface area contributed by atoms with Crippen molar-refractivity contribution in [2.24, 2.45) is 0 Å². The van der Waals surface area contributed by atoms with Crippen molar-refractivity contribution in [3.8, 4) is 0 Å². The minimum atomic E-state index is -0.123. The van der Waals surface area contributed by atoms with E-state index in [2.05, 4.69) is 24.3 Å². The largest absolute Gasteiger partial charge is 0.206 e. The normalized spacial score (nSPS) is 18.6. The summed E-state index contributed by atoms with van der Waals surface area (Å²) in [4.78, 5) is 0. The van der Waals surface area contributed by atoms with Gasteiger partial charge in [0.25, 0.3) is 0 Å². The van der Waals surface area contributed by atoms with Crippen LogP contribution in [0.25, 0.3) is 0 Å². The first kappa shape index (κ1) is 12.7. The van der Waals surface area contributed by atoms with E-state index in [0.29, 0.717) is 17.0 Å². The van der Waals surface area contributed by atoms with Gasteiger partial charge in [0.15, 0.2) is 0 Å². The molecule has 2 aromatic carbocycles. The molecule has 1 aliphatic rings. The third-order valence-corrected chi connectivity index (χ3v) is 4.58. The molecule has 0 spiro atoms. The molecule has 0 aliphatic heterocycles. The fraction of sp³-hybridized carbons (Fsp3) is 0.294. The van der Waals surface area contributed by atoms with Crippen molar-refractivity contribution >= 4 is 11.6 Å². The average Bonchev–Trinajstić information content (AvgIpc) is 2.36. The number of alkyl halides is 1. The highest BCUT2D eigenvalue weighted by molar-refractivity contribution is 6.21. The molecule has 19 heavy (non-hydrogen) atoms. The van der Waals surface area contributed by atoms with E-state index < -0.39 is 0 Å². The zero-order chi connectivity index (χ0) is 13.6. The van der Waals surface area contributed by atoms with Crippen molar-refractivity contribution in [1.29, 1.82) is 0 Å². The molecule has 2 aromatic rings. The first-order valence-corrected chi connectivity index (χ1v) is 7.00. The van der Waals surface area contributed by atoms with E-state index in [1.54, 1.807) is 13.8 Å². The van der Waals surface area contributed by atoms with Crippen molar-refractivity contribution in [3.63, 3.8) is 0 Å². The van der Waals surface area contributed by atoms with Gasteiger partial charge in [-0.25, -0.2) is 4.39 Å². The van der Waals surface area contributed by atoms with Crippen molar-refractivity contribution < 1.29 is 4.39 Å². The summed E-state index contributed by atoms with van der Waals surface area (Å²) in [6.07, 6.45) is 1.01. The van der Waals surface area contributed by atoms with Crippen molar-refractivity contribution in [1.82, 2.24) is 0 Å². The van der Waals surface area contributed by atoms with Crippen LogP contribution in [-0.4, -0.2) is 0 Å². The molecule has 0 saturated carbocycles. The number of rotatable bonds is 2. The maximum atomic E-state index is 13.7. The Labute approximate surface area is 118 Å². The third kappa shape index (κ3) is 2.06. The van der Waals surface area contributed by atoms with Gasteiger partial charge in [0, 0.05) is 5.92 Å². The first-order chi connectivity index (χ1) is 9.08. The average molecular weight is 275 g/mol. The summed E-state index contributed by atoms with van der Waals surface area (Å²) in [6.45, 7) is 3.59. The maximum absolute atomic E-state index is 13.7. The Balaban J connectivity index is 1.92. The van der Waals surface area contributed by atoms with Gasteiger partial charge in [0.1, 0.15) is 5.82 Å². The molecule has 0 radical (unpaired) electrons. The Morgan fingerprint density at radius 2 is 1.79 bits per heavy atom. The van der Waals surface area contributed by atoms with E-state index in [-0.39, 0.29) is 11.2 Å². The number of aryl methyl sites for hydroxylation is 2. The predicted molar refractivity (Wildman–Crippen MR) is 77.4 cm³/mol. The standard InChI is InChI=1S/C17H16ClF/c1-10-7-13(8-11(2)17(10)19)16(18)15-9-12-5-3-4-6-14(12)15/h3-8,15-16H,9H2,1-2H3. The minimum Gasteiger partial charge on any atom is -0.206 e. The summed E-state index contributed by atoms with van der Waals surface area (Å²) in [6, 6.07) is 12.2. The van der Waals surface area contributed by atoms with Crippen LogP contribution in [0.2, 0.25) is 0 Å². The number of hydrogen-bond acceptors (Lipinski definition) is 0. The Kier molecular flexibility index (Phi) is 3.10. The van der Waals surface area contributed by atoms with E-state index in [9.17, 15) is 4.39 Å². The summed E-state index contributed by atoms with van der Waals surface area (Å²) >= 11 is 6.61. The molecule has 2 atom stereocenters. The van der Waals surface area contributed by atoms with Crippen LogP contribution in [0.15, 0.2) is 36.4 Å². The van der Waals surface area contributed by atoms with Crippen LogP contribution in [0.3, 0.4) is 0 Å². The lowest BCUT2D eigenvalue weighted by Crippen LogP contribution is -2.21. The van der Waals surface area contributed by atoms with Gasteiger partial charge in [-0.1, -0.05) is 36.4 Å². The van der Waals surface area contributed by atoms with E-state index in [0.717, 1.165) is 12.0 Å². The Morgan fingerprint density at radius 1 is 1.16 bits per heavy atom. The molecule has 0 aromatic heterocycles. The Morgan fingerprint density at radius 3 is 2.42 bits per heavy atom. The summed E-state index contributed by atoms with van der Waals surface area (Å²) < 4.78 is 13.7. The van der Waals surface area contributed by atoms with Crippen molar-refractivity contribution in [3.05, 3.63) is 70.0 Å². The van der Waals surface area contributed by atoms with Crippen LogP contribution < -0.4 is 0 Å². The van der Waals surface area contributed by atoms with Gasteiger partial charge in [0.05, 0.1) is 5.38 Å². The molecule has 1 aliphatic carbocycles. The highest BCUT2D eigenvalue weighted by Crippen LogP contribution is 2.47. The minimum absolute atomic E-state index is 0.0760. The molecule has 2 heteroatoms. The Hall–Kier alpha value is -1.34. The smallest absolute Gasteiger partial charge is 0.129 e. The molecular weight excluding hydrogens is 259 g/mol. The lowest BCUT2D eigenvalue weighted by molar-refractivity contribution is 0.580. The van der Waals surface area contributed by atoms with Gasteiger partial charge < -0.3 is 0 Å². The van der Waals surface area contributed by atoms with Crippen LogP contribution in [0, 0.1) is 19.7 Å². The fourth-order valence-electron chi connectivity index (χ4n) is 2.93. The number of fused-ring (bicyclic) bond motifs is 1. The SMILES string of the molecule is Cc1cc(C(Cl)C2Cc3ccccc32)cc(C)c1F. The van der Waals surface area contributed by atoms with E-state index in [4.69, 9.17) is 11.6 Å². The molecule has 3 rings (SSSR count). The molecule has 0 nitrogen and oxygen atoms in total. The van der Waals surface area contributed by atoms with Crippen LogP contribution in [0.1, 0.15) is 39.1 Å². The molecule has 0 amide bonds. The number of benzene rings is 2. The molecule has 98 valence electrons. The highest BCUT2D eigenvalue weighted by Gasteiger charge is 2.32. The summed E-state index contributed by atoms with van der Waals surface area (Å²) in [5.41, 5.74) is 5.09. The van der Waals surface area contributed by atoms with E-state index >= 15 is 0 Å². The van der Waals surface area contributed by atoms with Gasteiger partial charge in [-0.2, -0.15) is 0 Å². The van der Waals surface area contributed by atoms with Crippen LogP contribution in [0.5, 0.6) is 0 Å². The van der Waals surface area contributed by atoms with E-state index in [1.165, 1.54) is 11.1 Å². The summed E-state index contributed by atoms with van der Waals surface area (Å²) in [7, 11) is 0. The Bertz CT molecular complexity index is 610. The first-order valence-electron chi connectivity index (χ1n) is 6.56. The molecular formula is C17H16ClF. The number of halogens is 2. The van der Waals surface area contributed by atoms with Gasteiger partial charge in [-0.3, -0.25) is 0 Å². The lowest BCUT2D eigenvalue weighted by Gasteiger charge is -2.34. The second-order valence-electron chi connectivity index (χ2n) is 5.38. The molecule has 0 saturated heterocycles. The van der Waals surface area contributed by atoms with Crippen LogP contribution in [0.4, 0.5) is 4.39 Å². The van der Waals surface area contributed by atoms with Crippen LogP contribution in [-0.2, 0) is 6.42 Å². The fourth-order valence-corrected chi connectivity index (χ4v) is 3.28. The molecule has 0 N–H and O–H groups in total. The molecule has 2 unspecified atom stereocenters. The van der Waals surface area contributed by atoms with Gasteiger partial charge in [-0.05, 0) is 48.1 Å². The zero-order valence-corrected chi connectivity index (χ0v) is 11.8. The quantitative estimate of drug-likeness (QED) is 0.671. The van der Waals surface area contributed by atoms with Gasteiger partial charge in [-0.15, -0.1) is 11.6 Å².